The van der Waals surface area contributed by atoms with Crippen LogP contribution in [0.2, 0.25) is 0 Å². The minimum absolute atomic E-state index is 0.147. The van der Waals surface area contributed by atoms with Crippen LogP contribution in [0.5, 0.6) is 0 Å². The molecule has 0 fully saturated rings. The third-order valence-electron chi connectivity index (χ3n) is 5.38. The summed E-state index contributed by atoms with van der Waals surface area (Å²) in [6, 6.07) is 16.7. The van der Waals surface area contributed by atoms with Gasteiger partial charge in [0.15, 0.2) is 0 Å². The number of ether oxygens (including phenoxy) is 1. The van der Waals surface area contributed by atoms with Crippen molar-refractivity contribution in [3.8, 4) is 0 Å². The number of carbonyl (C=O) groups excluding carboxylic acids is 2. The summed E-state index contributed by atoms with van der Waals surface area (Å²) < 4.78 is 23.9. The molecule has 0 spiro atoms. The monoisotopic (exact) mass is 467 g/mol. The molecule has 0 atom stereocenters. The second-order valence-corrected chi connectivity index (χ2v) is 7.81. The van der Waals surface area contributed by atoms with Gasteiger partial charge >= 0.3 is 6.03 Å². The van der Waals surface area contributed by atoms with Gasteiger partial charge in [-0.25, -0.2) is 9.18 Å². The zero-order chi connectivity index (χ0) is 24.3. The number of furan rings is 1. The lowest BCUT2D eigenvalue weighted by molar-refractivity contribution is -0.133. The number of benzene rings is 2. The van der Waals surface area contributed by atoms with Gasteiger partial charge in [-0.15, -0.1) is 0 Å². The van der Waals surface area contributed by atoms with Crippen LogP contribution in [0, 0.1) is 5.82 Å². The van der Waals surface area contributed by atoms with Crippen LogP contribution in [0.25, 0.3) is 0 Å². The molecule has 7 nitrogen and oxygen atoms in total. The van der Waals surface area contributed by atoms with Crippen molar-refractivity contribution >= 4 is 17.6 Å². The summed E-state index contributed by atoms with van der Waals surface area (Å²) in [6.45, 7) is 2.87. The summed E-state index contributed by atoms with van der Waals surface area (Å²) in [5, 5.41) is 2.92. The summed E-state index contributed by atoms with van der Waals surface area (Å²) >= 11 is 0. The molecular weight excluding hydrogens is 437 g/mol. The van der Waals surface area contributed by atoms with Crippen molar-refractivity contribution in [3.05, 3.63) is 89.6 Å². The molecule has 1 N–H and O–H groups in total. The number of carbonyl (C=O) groups is 2. The summed E-state index contributed by atoms with van der Waals surface area (Å²) in [7, 11) is 1.54. The lowest BCUT2D eigenvalue weighted by Gasteiger charge is -2.27. The van der Waals surface area contributed by atoms with Gasteiger partial charge in [-0.1, -0.05) is 37.3 Å². The molecular formula is C26H30FN3O4. The highest BCUT2D eigenvalue weighted by atomic mass is 19.1. The Balaban J connectivity index is 1.76. The Hall–Kier alpha value is -3.65. The van der Waals surface area contributed by atoms with E-state index in [2.05, 4.69) is 5.32 Å². The van der Waals surface area contributed by atoms with Gasteiger partial charge in [-0.2, -0.15) is 0 Å². The van der Waals surface area contributed by atoms with E-state index in [0.29, 0.717) is 11.4 Å². The first-order valence-electron chi connectivity index (χ1n) is 11.2. The Labute approximate surface area is 199 Å². The van der Waals surface area contributed by atoms with Gasteiger partial charge in [0.25, 0.3) is 0 Å². The Kier molecular flexibility index (Phi) is 9.22. The molecule has 3 amide bonds. The summed E-state index contributed by atoms with van der Waals surface area (Å²) in [5.41, 5.74) is 2.49. The molecule has 0 saturated heterocycles. The van der Waals surface area contributed by atoms with Crippen LogP contribution in [-0.4, -0.2) is 48.5 Å². The van der Waals surface area contributed by atoms with Crippen molar-refractivity contribution in [2.24, 2.45) is 0 Å². The van der Waals surface area contributed by atoms with Gasteiger partial charge in [-0.3, -0.25) is 4.79 Å². The Morgan fingerprint density at radius 3 is 2.44 bits per heavy atom. The Morgan fingerprint density at radius 1 is 1.00 bits per heavy atom. The normalized spacial score (nSPS) is 10.7. The van der Waals surface area contributed by atoms with E-state index in [1.165, 1.54) is 17.0 Å². The van der Waals surface area contributed by atoms with E-state index in [1.54, 1.807) is 42.5 Å². The van der Waals surface area contributed by atoms with Crippen LogP contribution in [0.15, 0.2) is 71.3 Å². The fourth-order valence-electron chi connectivity index (χ4n) is 3.50. The maximum atomic E-state index is 13.3. The SMILES string of the molecule is CCc1ccccc1NC(=O)N(CCOC)CC(=O)N(Cc1ccc(F)cc1)Cc1ccco1. The number of aryl methyl sites for hydroxylation is 1. The fraction of sp³-hybridized carbons (Fsp3) is 0.308. The fourth-order valence-corrected chi connectivity index (χ4v) is 3.50. The van der Waals surface area contributed by atoms with Crippen LogP contribution < -0.4 is 5.32 Å². The van der Waals surface area contributed by atoms with E-state index in [1.807, 2.05) is 31.2 Å². The molecule has 2 aromatic carbocycles. The van der Waals surface area contributed by atoms with E-state index < -0.39 is 0 Å². The molecule has 8 heteroatoms. The standard InChI is InChI=1S/C26H30FN3O4/c1-3-21-7-4-5-9-24(21)28-26(32)29(14-16-33-2)19-25(31)30(18-23-8-6-15-34-23)17-20-10-12-22(27)13-11-20/h4-13,15H,3,14,16-19H2,1-2H3,(H,28,32). The number of para-hydroxylation sites is 1. The molecule has 0 bridgehead atoms. The number of nitrogens with zero attached hydrogens (tertiary/aromatic N) is 2. The molecule has 0 radical (unpaired) electrons. The summed E-state index contributed by atoms with van der Waals surface area (Å²) in [6.07, 6.45) is 2.31. The van der Waals surface area contributed by atoms with E-state index in [-0.39, 0.29) is 50.5 Å². The topological polar surface area (TPSA) is 75.0 Å². The van der Waals surface area contributed by atoms with Gasteiger partial charge in [-0.05, 0) is 47.9 Å². The van der Waals surface area contributed by atoms with Gasteiger partial charge < -0.3 is 24.3 Å². The molecule has 180 valence electrons. The van der Waals surface area contributed by atoms with E-state index >= 15 is 0 Å². The highest BCUT2D eigenvalue weighted by Gasteiger charge is 2.23. The molecule has 34 heavy (non-hydrogen) atoms. The minimum atomic E-state index is -0.383. The third kappa shape index (κ3) is 7.18. The number of amides is 3. The predicted octanol–water partition coefficient (Wildman–Crippen LogP) is 4.69. The lowest BCUT2D eigenvalue weighted by Crippen LogP contribution is -2.45. The van der Waals surface area contributed by atoms with Crippen LogP contribution in [0.4, 0.5) is 14.9 Å². The van der Waals surface area contributed by atoms with Crippen molar-refractivity contribution in [2.45, 2.75) is 26.4 Å². The molecule has 0 unspecified atom stereocenters. The van der Waals surface area contributed by atoms with Crippen molar-refractivity contribution in [3.63, 3.8) is 0 Å². The van der Waals surface area contributed by atoms with Gasteiger partial charge in [0.1, 0.15) is 18.1 Å². The first kappa shape index (κ1) is 25.0. The molecule has 3 aromatic rings. The Morgan fingerprint density at radius 2 is 1.76 bits per heavy atom. The Bertz CT molecular complexity index is 1050. The van der Waals surface area contributed by atoms with Crippen molar-refractivity contribution in [2.75, 3.05) is 32.1 Å². The number of nitrogens with one attached hydrogen (secondary N) is 1. The van der Waals surface area contributed by atoms with Crippen LogP contribution in [0.1, 0.15) is 23.8 Å². The summed E-state index contributed by atoms with van der Waals surface area (Å²) in [4.78, 5) is 29.4. The smallest absolute Gasteiger partial charge is 0.322 e. The van der Waals surface area contributed by atoms with E-state index in [9.17, 15) is 14.0 Å². The van der Waals surface area contributed by atoms with Gasteiger partial charge in [0.2, 0.25) is 5.91 Å². The summed E-state index contributed by atoms with van der Waals surface area (Å²) in [5.74, 6) is -0.00147. The minimum Gasteiger partial charge on any atom is -0.467 e. The number of rotatable bonds is 11. The highest BCUT2D eigenvalue weighted by molar-refractivity contribution is 5.93. The van der Waals surface area contributed by atoms with Crippen molar-refractivity contribution < 1.29 is 23.1 Å². The largest absolute Gasteiger partial charge is 0.467 e. The van der Waals surface area contributed by atoms with Crippen molar-refractivity contribution in [1.82, 2.24) is 9.80 Å². The van der Waals surface area contributed by atoms with Crippen LogP contribution in [0.3, 0.4) is 0 Å². The quantitative estimate of drug-likeness (QED) is 0.444. The van der Waals surface area contributed by atoms with E-state index in [0.717, 1.165) is 17.5 Å². The number of urea groups is 1. The number of methoxy groups -OCH3 is 1. The maximum Gasteiger partial charge on any atom is 0.322 e. The van der Waals surface area contributed by atoms with Gasteiger partial charge in [0.05, 0.1) is 19.4 Å². The van der Waals surface area contributed by atoms with E-state index in [4.69, 9.17) is 9.15 Å². The molecule has 1 heterocycles. The molecule has 0 saturated carbocycles. The zero-order valence-corrected chi connectivity index (χ0v) is 19.5. The maximum absolute atomic E-state index is 13.3. The number of hydrogen-bond acceptors (Lipinski definition) is 4. The predicted molar refractivity (Wildman–Crippen MR) is 128 cm³/mol. The van der Waals surface area contributed by atoms with Crippen LogP contribution >= 0.6 is 0 Å². The highest BCUT2D eigenvalue weighted by Crippen LogP contribution is 2.17. The molecule has 1 aromatic heterocycles. The first-order valence-corrected chi connectivity index (χ1v) is 11.2. The zero-order valence-electron chi connectivity index (χ0n) is 19.5. The first-order chi connectivity index (χ1) is 16.5. The molecule has 0 aliphatic rings. The number of hydrogen-bond donors (Lipinski definition) is 1. The van der Waals surface area contributed by atoms with Crippen molar-refractivity contribution in [1.29, 1.82) is 0 Å². The lowest BCUT2D eigenvalue weighted by atomic mass is 10.1. The number of halogens is 1. The van der Waals surface area contributed by atoms with Crippen LogP contribution in [-0.2, 0) is 29.0 Å². The third-order valence-corrected chi connectivity index (χ3v) is 5.38. The van der Waals surface area contributed by atoms with Gasteiger partial charge in [0, 0.05) is 25.9 Å². The molecule has 0 aliphatic carbocycles. The second-order valence-electron chi connectivity index (χ2n) is 7.81. The molecule has 3 rings (SSSR count). The number of anilines is 1. The molecule has 0 aliphatic heterocycles. The average Bonchev–Trinajstić information content (AvgIpc) is 3.36. The second kappa shape index (κ2) is 12.6. The average molecular weight is 468 g/mol.